The van der Waals surface area contributed by atoms with E-state index in [9.17, 15) is 22.4 Å². The lowest BCUT2D eigenvalue weighted by Gasteiger charge is -2.09. The molecule has 1 aliphatic carbocycles. The van der Waals surface area contributed by atoms with Crippen LogP contribution in [0.25, 0.3) is 0 Å². The number of carbonyl (C=O) groups is 1. The van der Waals surface area contributed by atoms with Gasteiger partial charge in [-0.2, -0.15) is 13.2 Å². The zero-order valence-corrected chi connectivity index (χ0v) is 8.46. The lowest BCUT2D eigenvalue weighted by molar-refractivity contribution is -0.140. The minimum Gasteiger partial charge on any atom is -0.481 e. The molecule has 0 heterocycles. The quantitative estimate of drug-likeness (QED) is 0.817. The van der Waals surface area contributed by atoms with E-state index in [1.807, 2.05) is 0 Å². The van der Waals surface area contributed by atoms with Crippen LogP contribution in [-0.4, -0.2) is 11.1 Å². The highest BCUT2D eigenvalue weighted by Crippen LogP contribution is 2.48. The van der Waals surface area contributed by atoms with Crippen LogP contribution in [0.1, 0.15) is 23.5 Å². The lowest BCUT2D eigenvalue weighted by Crippen LogP contribution is -2.08. The monoisotopic (exact) mass is 248 g/mol. The van der Waals surface area contributed by atoms with Crippen molar-refractivity contribution in [2.45, 2.75) is 18.5 Å². The number of halogens is 4. The molecule has 0 radical (unpaired) electrons. The zero-order chi connectivity index (χ0) is 12.8. The van der Waals surface area contributed by atoms with Crippen molar-refractivity contribution >= 4 is 5.97 Å². The molecule has 1 fully saturated rings. The fourth-order valence-electron chi connectivity index (χ4n) is 1.83. The van der Waals surface area contributed by atoms with Gasteiger partial charge in [-0.15, -0.1) is 0 Å². The summed E-state index contributed by atoms with van der Waals surface area (Å²) in [5, 5.41) is 8.66. The van der Waals surface area contributed by atoms with Crippen molar-refractivity contribution < 1.29 is 27.5 Å². The maximum Gasteiger partial charge on any atom is 0.419 e. The molecule has 0 aromatic heterocycles. The minimum absolute atomic E-state index is 0.308. The fourth-order valence-corrected chi connectivity index (χ4v) is 1.83. The van der Waals surface area contributed by atoms with Crippen LogP contribution in [0.15, 0.2) is 18.2 Å². The van der Waals surface area contributed by atoms with Gasteiger partial charge >= 0.3 is 12.1 Å². The van der Waals surface area contributed by atoms with E-state index in [1.54, 1.807) is 0 Å². The number of alkyl halides is 3. The van der Waals surface area contributed by atoms with Crippen LogP contribution >= 0.6 is 0 Å². The number of carboxylic acid groups (broad SMARTS) is 1. The second-order valence-corrected chi connectivity index (χ2v) is 4.02. The molecule has 2 nitrogen and oxygen atoms in total. The summed E-state index contributed by atoms with van der Waals surface area (Å²) in [6, 6.07) is 2.57. The Morgan fingerprint density at radius 3 is 2.41 bits per heavy atom. The Morgan fingerprint density at radius 2 is 2.00 bits per heavy atom. The summed E-state index contributed by atoms with van der Waals surface area (Å²) >= 11 is 0. The number of rotatable bonds is 2. The Labute approximate surface area is 93.9 Å². The lowest BCUT2D eigenvalue weighted by atomic mass is 10.1. The average molecular weight is 248 g/mol. The maximum absolute atomic E-state index is 13.2. The number of hydrogen-bond acceptors (Lipinski definition) is 1. The molecule has 0 unspecified atom stereocenters. The normalized spacial score (nSPS) is 23.5. The van der Waals surface area contributed by atoms with Crippen molar-refractivity contribution in [3.8, 4) is 0 Å². The second kappa shape index (κ2) is 3.72. The van der Waals surface area contributed by atoms with E-state index in [2.05, 4.69) is 0 Å². The first-order valence-electron chi connectivity index (χ1n) is 4.90. The maximum atomic E-state index is 13.2. The molecular formula is C11H8F4O2. The van der Waals surface area contributed by atoms with Crippen molar-refractivity contribution in [2.24, 2.45) is 5.92 Å². The van der Waals surface area contributed by atoms with Gasteiger partial charge in [0.25, 0.3) is 0 Å². The van der Waals surface area contributed by atoms with Crippen LogP contribution < -0.4 is 0 Å². The van der Waals surface area contributed by atoms with Gasteiger partial charge in [0.05, 0.1) is 11.5 Å². The highest BCUT2D eigenvalue weighted by Gasteiger charge is 2.45. The number of carboxylic acids is 1. The standard InChI is InChI=1S/C11H8F4O2/c12-9-3-5(6-4-7(6)10(16)17)1-2-8(9)11(13,14)15/h1-3,6-7H,4H2,(H,16,17)/t6-,7+/m0/s1. The molecule has 6 heteroatoms. The summed E-state index contributed by atoms with van der Waals surface area (Å²) in [5.74, 6) is -3.34. The third-order valence-electron chi connectivity index (χ3n) is 2.83. The molecule has 0 amide bonds. The summed E-state index contributed by atoms with van der Waals surface area (Å²) < 4.78 is 50.0. The third-order valence-corrected chi connectivity index (χ3v) is 2.83. The molecule has 17 heavy (non-hydrogen) atoms. The van der Waals surface area contributed by atoms with Crippen molar-refractivity contribution in [3.63, 3.8) is 0 Å². The van der Waals surface area contributed by atoms with Crippen LogP contribution in [0, 0.1) is 11.7 Å². The Morgan fingerprint density at radius 1 is 1.35 bits per heavy atom. The second-order valence-electron chi connectivity index (χ2n) is 4.02. The molecule has 0 spiro atoms. The molecule has 1 aromatic rings. The zero-order valence-electron chi connectivity index (χ0n) is 8.46. The van der Waals surface area contributed by atoms with Crippen molar-refractivity contribution in [1.29, 1.82) is 0 Å². The molecule has 1 N–H and O–H groups in total. The molecule has 0 aliphatic heterocycles. The van der Waals surface area contributed by atoms with Crippen LogP contribution in [0.2, 0.25) is 0 Å². The molecule has 0 bridgehead atoms. The summed E-state index contributed by atoms with van der Waals surface area (Å²) in [5.41, 5.74) is -1.02. The third kappa shape index (κ3) is 2.25. The first-order chi connectivity index (χ1) is 7.80. The summed E-state index contributed by atoms with van der Waals surface area (Å²) in [4.78, 5) is 10.6. The predicted octanol–water partition coefficient (Wildman–Crippen LogP) is 3.03. The number of aliphatic carboxylic acids is 1. The predicted molar refractivity (Wildman–Crippen MR) is 49.9 cm³/mol. The van der Waals surface area contributed by atoms with Crippen molar-refractivity contribution in [3.05, 3.63) is 35.1 Å². The van der Waals surface area contributed by atoms with Crippen molar-refractivity contribution in [2.75, 3.05) is 0 Å². The average Bonchev–Trinajstić information content (AvgIpc) is 2.94. The van der Waals surface area contributed by atoms with Crippen LogP contribution in [0.5, 0.6) is 0 Å². The smallest absolute Gasteiger partial charge is 0.419 e. The summed E-state index contributed by atoms with van der Waals surface area (Å²) in [6.07, 6.45) is -4.38. The molecule has 2 atom stereocenters. The topological polar surface area (TPSA) is 37.3 Å². The van der Waals surface area contributed by atoms with E-state index >= 15 is 0 Å². The first-order valence-corrected chi connectivity index (χ1v) is 4.90. The van der Waals surface area contributed by atoms with E-state index < -0.39 is 29.4 Å². The van der Waals surface area contributed by atoms with Gasteiger partial charge in [-0.3, -0.25) is 4.79 Å². The van der Waals surface area contributed by atoms with Crippen LogP contribution in [-0.2, 0) is 11.0 Å². The van der Waals surface area contributed by atoms with Gasteiger partial charge in [-0.25, -0.2) is 4.39 Å². The van der Waals surface area contributed by atoms with Gasteiger partial charge in [0.15, 0.2) is 0 Å². The van der Waals surface area contributed by atoms with E-state index in [1.165, 1.54) is 0 Å². The Hall–Kier alpha value is -1.59. The van der Waals surface area contributed by atoms with E-state index in [4.69, 9.17) is 5.11 Å². The van der Waals surface area contributed by atoms with Gasteiger partial charge in [0.2, 0.25) is 0 Å². The van der Waals surface area contributed by atoms with Gasteiger partial charge in [-0.05, 0) is 30.0 Å². The highest BCUT2D eigenvalue weighted by molar-refractivity contribution is 5.75. The molecular weight excluding hydrogens is 240 g/mol. The van der Waals surface area contributed by atoms with Gasteiger partial charge < -0.3 is 5.11 Å². The Balaban J connectivity index is 2.24. The number of benzene rings is 1. The minimum atomic E-state index is -4.72. The van der Waals surface area contributed by atoms with Crippen molar-refractivity contribution in [1.82, 2.24) is 0 Å². The van der Waals surface area contributed by atoms with Crippen LogP contribution in [0.4, 0.5) is 17.6 Å². The van der Waals surface area contributed by atoms with E-state index in [-0.39, 0.29) is 5.92 Å². The highest BCUT2D eigenvalue weighted by atomic mass is 19.4. The largest absolute Gasteiger partial charge is 0.481 e. The summed E-state index contributed by atoms with van der Waals surface area (Å²) in [7, 11) is 0. The summed E-state index contributed by atoms with van der Waals surface area (Å²) in [6.45, 7) is 0. The van der Waals surface area contributed by atoms with E-state index in [0.717, 1.165) is 12.1 Å². The van der Waals surface area contributed by atoms with Crippen LogP contribution in [0.3, 0.4) is 0 Å². The van der Waals surface area contributed by atoms with E-state index in [0.29, 0.717) is 18.1 Å². The molecule has 1 saturated carbocycles. The molecule has 92 valence electrons. The Bertz CT molecular complexity index is 467. The molecule has 1 aliphatic rings. The van der Waals surface area contributed by atoms with Gasteiger partial charge in [0, 0.05) is 0 Å². The fraction of sp³-hybridized carbons (Fsp3) is 0.364. The molecule has 2 rings (SSSR count). The molecule has 0 saturated heterocycles. The molecule has 1 aromatic carbocycles. The van der Waals surface area contributed by atoms with Gasteiger partial charge in [-0.1, -0.05) is 6.07 Å². The van der Waals surface area contributed by atoms with Gasteiger partial charge in [0.1, 0.15) is 5.82 Å². The Kier molecular flexibility index (Phi) is 2.60. The number of hydrogen-bond donors (Lipinski definition) is 1. The first kappa shape index (κ1) is 11.9. The SMILES string of the molecule is O=C(O)[C@@H]1C[C@H]1c1ccc(C(F)(F)F)c(F)c1.